The highest BCUT2D eigenvalue weighted by Crippen LogP contribution is 2.49. The standard InChI is InChI=1S/C58H38N2/c1-4-16-39(17-5-1)44-36-45(40-18-6-2-7-19-40)38-46(37-44)59(52-25-13-10-22-47(52)41-20-8-3-9-21-41)55-34-30-42-29-33-51-56(35-31-43-28-32-50(55)57(42)58(43)51)60-53-26-14-11-23-48(53)49-24-12-15-27-54(49)60/h1-38H. The largest absolute Gasteiger partial charge is 0.309 e. The molecule has 1 heterocycles. The Balaban J connectivity index is 1.16. The summed E-state index contributed by atoms with van der Waals surface area (Å²) in [6.07, 6.45) is 0. The highest BCUT2D eigenvalue weighted by atomic mass is 15.1. The normalized spacial score (nSPS) is 11.7. The SMILES string of the molecule is c1ccc(-c2cc(-c3ccccc3)cc(N(c3ccccc3-c3ccccc3)c3ccc4ccc5c(-n6c7ccccc7c7ccccc76)ccc6ccc3c4c65)c2)cc1. The second-order valence-corrected chi connectivity index (χ2v) is 15.7. The molecule has 0 unspecified atom stereocenters. The summed E-state index contributed by atoms with van der Waals surface area (Å²) in [7, 11) is 0. The molecule has 280 valence electrons. The Morgan fingerprint density at radius 1 is 0.300 bits per heavy atom. The van der Waals surface area contributed by atoms with Crippen LogP contribution in [0.3, 0.4) is 0 Å². The summed E-state index contributed by atoms with van der Waals surface area (Å²) in [5.74, 6) is 0. The number of hydrogen-bond acceptors (Lipinski definition) is 1. The van der Waals surface area contributed by atoms with Crippen molar-refractivity contribution in [3.63, 3.8) is 0 Å². The zero-order valence-electron chi connectivity index (χ0n) is 32.8. The van der Waals surface area contributed by atoms with Gasteiger partial charge < -0.3 is 9.47 Å². The van der Waals surface area contributed by atoms with Crippen LogP contribution in [0.15, 0.2) is 231 Å². The van der Waals surface area contributed by atoms with Gasteiger partial charge in [-0.05, 0) is 97.9 Å². The Labute approximate surface area is 348 Å². The summed E-state index contributed by atoms with van der Waals surface area (Å²) in [6, 6.07) is 84.4. The molecule has 11 aromatic carbocycles. The molecular weight excluding hydrogens is 725 g/mol. The van der Waals surface area contributed by atoms with E-state index in [2.05, 4.69) is 240 Å². The van der Waals surface area contributed by atoms with Gasteiger partial charge in [-0.2, -0.15) is 0 Å². The molecule has 0 aliphatic carbocycles. The minimum absolute atomic E-state index is 1.10. The number of hydrogen-bond donors (Lipinski definition) is 0. The van der Waals surface area contributed by atoms with E-state index < -0.39 is 0 Å². The van der Waals surface area contributed by atoms with Gasteiger partial charge in [0, 0.05) is 32.8 Å². The van der Waals surface area contributed by atoms with Crippen LogP contribution < -0.4 is 4.90 Å². The maximum Gasteiger partial charge on any atom is 0.0541 e. The minimum Gasteiger partial charge on any atom is -0.309 e. The summed E-state index contributed by atoms with van der Waals surface area (Å²) in [5, 5.41) is 9.99. The highest BCUT2D eigenvalue weighted by molar-refractivity contribution is 6.27. The van der Waals surface area contributed by atoms with Crippen molar-refractivity contribution in [3.8, 4) is 39.1 Å². The number of rotatable bonds is 7. The van der Waals surface area contributed by atoms with E-state index in [0.717, 1.165) is 17.1 Å². The molecule has 1 aromatic heterocycles. The number of aromatic nitrogens is 1. The van der Waals surface area contributed by atoms with Crippen LogP contribution in [0.2, 0.25) is 0 Å². The molecule has 0 aliphatic rings. The lowest BCUT2D eigenvalue weighted by Crippen LogP contribution is -2.12. The Bertz CT molecular complexity index is 3420. The van der Waals surface area contributed by atoms with Crippen molar-refractivity contribution in [1.82, 2.24) is 4.57 Å². The maximum absolute atomic E-state index is 2.50. The molecule has 0 amide bonds. The van der Waals surface area contributed by atoms with Crippen molar-refractivity contribution in [2.45, 2.75) is 0 Å². The van der Waals surface area contributed by atoms with Crippen LogP contribution in [0, 0.1) is 0 Å². The monoisotopic (exact) mass is 762 g/mol. The molecule has 60 heavy (non-hydrogen) atoms. The quantitative estimate of drug-likeness (QED) is 0.147. The van der Waals surface area contributed by atoms with Gasteiger partial charge in [-0.1, -0.05) is 182 Å². The fourth-order valence-corrected chi connectivity index (χ4v) is 9.62. The van der Waals surface area contributed by atoms with E-state index in [1.54, 1.807) is 0 Å². The molecule has 0 N–H and O–H groups in total. The lowest BCUT2D eigenvalue weighted by Gasteiger charge is -2.30. The van der Waals surface area contributed by atoms with E-state index in [-0.39, 0.29) is 0 Å². The van der Waals surface area contributed by atoms with Gasteiger partial charge >= 0.3 is 0 Å². The van der Waals surface area contributed by atoms with Gasteiger partial charge in [0.05, 0.1) is 28.1 Å². The first-order valence-corrected chi connectivity index (χ1v) is 20.7. The van der Waals surface area contributed by atoms with Crippen LogP contribution >= 0.6 is 0 Å². The van der Waals surface area contributed by atoms with E-state index in [1.807, 2.05) is 0 Å². The van der Waals surface area contributed by atoms with Crippen molar-refractivity contribution >= 4 is 71.2 Å². The number of benzene rings is 11. The van der Waals surface area contributed by atoms with Crippen molar-refractivity contribution in [1.29, 1.82) is 0 Å². The number of nitrogens with zero attached hydrogens (tertiary/aromatic N) is 2. The third-order valence-electron chi connectivity index (χ3n) is 12.3. The van der Waals surface area contributed by atoms with Gasteiger partial charge in [-0.3, -0.25) is 0 Å². The van der Waals surface area contributed by atoms with Crippen LogP contribution in [0.4, 0.5) is 17.1 Å². The molecule has 12 aromatic rings. The third-order valence-corrected chi connectivity index (χ3v) is 12.3. The molecule has 2 nitrogen and oxygen atoms in total. The molecule has 0 saturated carbocycles. The van der Waals surface area contributed by atoms with E-state index >= 15 is 0 Å². The van der Waals surface area contributed by atoms with Gasteiger partial charge in [0.1, 0.15) is 0 Å². The van der Waals surface area contributed by atoms with Crippen molar-refractivity contribution in [2.75, 3.05) is 4.90 Å². The molecule has 0 fully saturated rings. The summed E-state index contributed by atoms with van der Waals surface area (Å²) in [6.45, 7) is 0. The molecule has 0 aliphatic heterocycles. The Morgan fingerprint density at radius 3 is 1.42 bits per heavy atom. The molecule has 0 bridgehead atoms. The molecule has 0 atom stereocenters. The van der Waals surface area contributed by atoms with E-state index in [9.17, 15) is 0 Å². The first-order chi connectivity index (χ1) is 29.8. The molecule has 2 heteroatoms. The molecular formula is C58H38N2. The Kier molecular flexibility index (Phi) is 7.89. The van der Waals surface area contributed by atoms with Crippen LogP contribution in [-0.2, 0) is 0 Å². The number of fused-ring (bicyclic) bond motifs is 3. The van der Waals surface area contributed by atoms with Crippen LogP contribution in [0.1, 0.15) is 0 Å². The lowest BCUT2D eigenvalue weighted by molar-refractivity contribution is 1.20. The smallest absolute Gasteiger partial charge is 0.0541 e. The fraction of sp³-hybridized carbons (Fsp3) is 0. The summed E-state index contributed by atoms with van der Waals surface area (Å²) in [4.78, 5) is 2.50. The molecule has 12 rings (SSSR count). The van der Waals surface area contributed by atoms with Gasteiger partial charge in [0.2, 0.25) is 0 Å². The third kappa shape index (κ3) is 5.42. The molecule has 0 saturated heterocycles. The maximum atomic E-state index is 2.50. The Hall–Kier alpha value is -7.94. The predicted molar refractivity (Wildman–Crippen MR) is 255 cm³/mol. The van der Waals surface area contributed by atoms with Crippen LogP contribution in [0.5, 0.6) is 0 Å². The van der Waals surface area contributed by atoms with Crippen molar-refractivity contribution in [3.05, 3.63) is 231 Å². The fourth-order valence-electron chi connectivity index (χ4n) is 9.62. The van der Waals surface area contributed by atoms with E-state index in [0.29, 0.717) is 0 Å². The van der Waals surface area contributed by atoms with Gasteiger partial charge in [0.15, 0.2) is 0 Å². The number of para-hydroxylation sites is 3. The average Bonchev–Trinajstić information content (AvgIpc) is 3.66. The second-order valence-electron chi connectivity index (χ2n) is 15.7. The second kappa shape index (κ2) is 13.9. The van der Waals surface area contributed by atoms with Crippen LogP contribution in [0.25, 0.3) is 93.2 Å². The van der Waals surface area contributed by atoms with E-state index in [1.165, 1.54) is 93.2 Å². The van der Waals surface area contributed by atoms with Crippen molar-refractivity contribution in [2.24, 2.45) is 0 Å². The van der Waals surface area contributed by atoms with Crippen molar-refractivity contribution < 1.29 is 0 Å². The Morgan fingerprint density at radius 2 is 0.783 bits per heavy atom. The highest BCUT2D eigenvalue weighted by Gasteiger charge is 2.23. The summed E-state index contributed by atoms with van der Waals surface area (Å²) < 4.78 is 2.46. The lowest BCUT2D eigenvalue weighted by atomic mass is 9.91. The number of anilines is 3. The molecule has 0 radical (unpaired) electrons. The first-order valence-electron chi connectivity index (χ1n) is 20.7. The summed E-state index contributed by atoms with van der Waals surface area (Å²) in [5.41, 5.74) is 14.0. The first kappa shape index (κ1) is 34.1. The van der Waals surface area contributed by atoms with Gasteiger partial charge in [-0.25, -0.2) is 0 Å². The summed E-state index contributed by atoms with van der Waals surface area (Å²) >= 11 is 0. The average molecular weight is 763 g/mol. The van der Waals surface area contributed by atoms with Crippen LogP contribution in [-0.4, -0.2) is 4.57 Å². The van der Waals surface area contributed by atoms with E-state index in [4.69, 9.17) is 0 Å². The predicted octanol–water partition coefficient (Wildman–Crippen LogP) is 16.2. The molecule has 0 spiro atoms. The van der Waals surface area contributed by atoms with Gasteiger partial charge in [0.25, 0.3) is 0 Å². The topological polar surface area (TPSA) is 8.17 Å². The zero-order valence-corrected chi connectivity index (χ0v) is 32.8. The van der Waals surface area contributed by atoms with Gasteiger partial charge in [-0.15, -0.1) is 0 Å². The zero-order chi connectivity index (χ0) is 39.6. The minimum atomic E-state index is 1.10.